The number of hydrazine groups is 1. The van der Waals surface area contributed by atoms with Crippen molar-refractivity contribution in [2.45, 2.75) is 44.4 Å². The lowest BCUT2D eigenvalue weighted by atomic mass is 10.1. The van der Waals surface area contributed by atoms with Crippen LogP contribution in [0.1, 0.15) is 26.2 Å². The number of fused-ring (bicyclic) bond motifs is 1. The fourth-order valence-corrected chi connectivity index (χ4v) is 2.71. The summed E-state index contributed by atoms with van der Waals surface area (Å²) < 4.78 is 5.69. The van der Waals surface area contributed by atoms with Crippen LogP contribution in [-0.4, -0.2) is 42.1 Å². The van der Waals surface area contributed by atoms with Gasteiger partial charge in [0, 0.05) is 12.6 Å². The lowest BCUT2D eigenvalue weighted by molar-refractivity contribution is -0.132. The lowest BCUT2D eigenvalue weighted by Gasteiger charge is -2.40. The molecule has 1 saturated carbocycles. The molecule has 1 aliphatic carbocycles. The summed E-state index contributed by atoms with van der Waals surface area (Å²) in [5, 5.41) is 0. The Morgan fingerprint density at radius 3 is 3.13 bits per heavy atom. The first-order chi connectivity index (χ1) is 7.24. The standard InChI is InChI=1S/C10H19N3O2/c1-7(10(14)12-11)13-5-6-15-9-4-2-3-8(9)13/h7-9H,2-6,11H2,1H3,(H,12,14). The van der Waals surface area contributed by atoms with E-state index in [-0.39, 0.29) is 11.9 Å². The highest BCUT2D eigenvalue weighted by Crippen LogP contribution is 2.30. The van der Waals surface area contributed by atoms with Gasteiger partial charge in [0.2, 0.25) is 0 Å². The predicted octanol–water partition coefficient (Wildman–Crippen LogP) is -0.382. The van der Waals surface area contributed by atoms with E-state index in [2.05, 4.69) is 10.3 Å². The van der Waals surface area contributed by atoms with Crippen molar-refractivity contribution in [3.05, 3.63) is 0 Å². The number of amides is 1. The van der Waals surface area contributed by atoms with E-state index >= 15 is 0 Å². The van der Waals surface area contributed by atoms with Gasteiger partial charge in [-0.2, -0.15) is 0 Å². The number of hydrogen-bond donors (Lipinski definition) is 2. The fourth-order valence-electron chi connectivity index (χ4n) is 2.71. The number of nitrogens with zero attached hydrogens (tertiary/aromatic N) is 1. The Hall–Kier alpha value is -0.650. The van der Waals surface area contributed by atoms with Gasteiger partial charge < -0.3 is 4.74 Å². The fraction of sp³-hybridized carbons (Fsp3) is 0.900. The molecule has 3 unspecified atom stereocenters. The Balaban J connectivity index is 2.03. The molecule has 15 heavy (non-hydrogen) atoms. The van der Waals surface area contributed by atoms with Gasteiger partial charge in [0.15, 0.2) is 0 Å². The van der Waals surface area contributed by atoms with Crippen molar-refractivity contribution >= 4 is 5.91 Å². The number of hydrogen-bond acceptors (Lipinski definition) is 4. The molecular weight excluding hydrogens is 194 g/mol. The highest BCUT2D eigenvalue weighted by atomic mass is 16.5. The molecule has 1 saturated heterocycles. The van der Waals surface area contributed by atoms with Crippen molar-refractivity contribution < 1.29 is 9.53 Å². The van der Waals surface area contributed by atoms with Crippen LogP contribution in [0.2, 0.25) is 0 Å². The van der Waals surface area contributed by atoms with Gasteiger partial charge in [-0.15, -0.1) is 0 Å². The smallest absolute Gasteiger partial charge is 0.250 e. The highest BCUT2D eigenvalue weighted by molar-refractivity contribution is 5.80. The largest absolute Gasteiger partial charge is 0.375 e. The van der Waals surface area contributed by atoms with Crippen LogP contribution >= 0.6 is 0 Å². The molecule has 2 aliphatic rings. The van der Waals surface area contributed by atoms with Crippen molar-refractivity contribution in [2.75, 3.05) is 13.2 Å². The average Bonchev–Trinajstić information content (AvgIpc) is 2.74. The van der Waals surface area contributed by atoms with Crippen LogP contribution in [0.5, 0.6) is 0 Å². The predicted molar refractivity (Wildman–Crippen MR) is 55.9 cm³/mol. The Morgan fingerprint density at radius 2 is 2.40 bits per heavy atom. The molecule has 86 valence electrons. The average molecular weight is 213 g/mol. The Labute approximate surface area is 89.9 Å². The summed E-state index contributed by atoms with van der Waals surface area (Å²) in [6.07, 6.45) is 3.78. The second-order valence-corrected chi connectivity index (χ2v) is 4.33. The minimum Gasteiger partial charge on any atom is -0.375 e. The Morgan fingerprint density at radius 1 is 1.60 bits per heavy atom. The molecular formula is C10H19N3O2. The van der Waals surface area contributed by atoms with E-state index in [9.17, 15) is 4.79 Å². The van der Waals surface area contributed by atoms with E-state index in [1.54, 1.807) is 0 Å². The van der Waals surface area contributed by atoms with Gasteiger partial charge in [-0.1, -0.05) is 0 Å². The van der Waals surface area contributed by atoms with Gasteiger partial charge in [-0.3, -0.25) is 15.1 Å². The summed E-state index contributed by atoms with van der Waals surface area (Å²) in [6.45, 7) is 3.46. The van der Waals surface area contributed by atoms with E-state index in [0.29, 0.717) is 12.1 Å². The van der Waals surface area contributed by atoms with Gasteiger partial charge >= 0.3 is 0 Å². The van der Waals surface area contributed by atoms with Crippen molar-refractivity contribution in [2.24, 2.45) is 5.84 Å². The molecule has 0 aromatic rings. The second-order valence-electron chi connectivity index (χ2n) is 4.33. The molecule has 1 aliphatic heterocycles. The molecule has 1 heterocycles. The zero-order chi connectivity index (χ0) is 10.8. The minimum absolute atomic E-state index is 0.109. The van der Waals surface area contributed by atoms with E-state index in [4.69, 9.17) is 10.6 Å². The second kappa shape index (κ2) is 4.47. The van der Waals surface area contributed by atoms with Crippen molar-refractivity contribution in [1.29, 1.82) is 0 Å². The summed E-state index contributed by atoms with van der Waals surface area (Å²) in [6, 6.07) is 0.260. The summed E-state index contributed by atoms with van der Waals surface area (Å²) in [5.41, 5.74) is 2.22. The van der Waals surface area contributed by atoms with Gasteiger partial charge in [-0.25, -0.2) is 5.84 Å². The number of ether oxygens (including phenoxy) is 1. The quantitative estimate of drug-likeness (QED) is 0.373. The van der Waals surface area contributed by atoms with Crippen molar-refractivity contribution in [1.82, 2.24) is 10.3 Å². The first-order valence-corrected chi connectivity index (χ1v) is 5.62. The number of carbonyl (C=O) groups excluding carboxylic acids is 1. The molecule has 0 spiro atoms. The maximum atomic E-state index is 11.5. The number of carbonyl (C=O) groups is 1. The molecule has 2 fully saturated rings. The minimum atomic E-state index is -0.149. The summed E-state index contributed by atoms with van der Waals surface area (Å²) in [7, 11) is 0. The van der Waals surface area contributed by atoms with Crippen LogP contribution in [0.15, 0.2) is 0 Å². The molecule has 3 N–H and O–H groups in total. The maximum absolute atomic E-state index is 11.5. The third-order valence-corrected chi connectivity index (χ3v) is 3.54. The molecule has 1 amide bonds. The molecule has 3 atom stereocenters. The molecule has 0 aromatic carbocycles. The topological polar surface area (TPSA) is 67.6 Å². The van der Waals surface area contributed by atoms with Crippen LogP contribution in [0.3, 0.4) is 0 Å². The van der Waals surface area contributed by atoms with Crippen LogP contribution in [-0.2, 0) is 9.53 Å². The van der Waals surface area contributed by atoms with E-state index in [1.165, 1.54) is 6.42 Å². The first-order valence-electron chi connectivity index (χ1n) is 5.62. The van der Waals surface area contributed by atoms with Crippen molar-refractivity contribution in [3.63, 3.8) is 0 Å². The maximum Gasteiger partial charge on any atom is 0.250 e. The van der Waals surface area contributed by atoms with Crippen LogP contribution in [0, 0.1) is 0 Å². The Bertz CT molecular complexity index is 247. The van der Waals surface area contributed by atoms with Gasteiger partial charge in [0.1, 0.15) is 0 Å². The highest BCUT2D eigenvalue weighted by Gasteiger charge is 2.39. The number of nitrogens with two attached hydrogens (primary N) is 1. The molecule has 0 aromatic heterocycles. The van der Waals surface area contributed by atoms with Crippen LogP contribution in [0.25, 0.3) is 0 Å². The molecule has 0 radical (unpaired) electrons. The monoisotopic (exact) mass is 213 g/mol. The zero-order valence-electron chi connectivity index (χ0n) is 9.11. The van der Waals surface area contributed by atoms with Crippen molar-refractivity contribution in [3.8, 4) is 0 Å². The number of rotatable bonds is 2. The van der Waals surface area contributed by atoms with E-state index in [0.717, 1.165) is 26.0 Å². The van der Waals surface area contributed by atoms with Crippen LogP contribution in [0.4, 0.5) is 0 Å². The zero-order valence-corrected chi connectivity index (χ0v) is 9.11. The van der Waals surface area contributed by atoms with E-state index in [1.807, 2.05) is 6.92 Å². The van der Waals surface area contributed by atoms with Gasteiger partial charge in [0.25, 0.3) is 5.91 Å². The normalized spacial score (nSPS) is 33.5. The van der Waals surface area contributed by atoms with Crippen LogP contribution < -0.4 is 11.3 Å². The Kier molecular flexibility index (Phi) is 3.23. The molecule has 2 rings (SSSR count). The molecule has 0 bridgehead atoms. The molecule has 5 heteroatoms. The SMILES string of the molecule is CC(C(=O)NN)N1CCOC2CCCC21. The summed E-state index contributed by atoms with van der Waals surface area (Å²) in [5.74, 6) is 5.05. The number of morpholine rings is 1. The first kappa shape index (κ1) is 10.9. The van der Waals surface area contributed by atoms with Gasteiger partial charge in [-0.05, 0) is 26.2 Å². The van der Waals surface area contributed by atoms with E-state index < -0.39 is 0 Å². The van der Waals surface area contributed by atoms with Gasteiger partial charge in [0.05, 0.1) is 18.8 Å². The third kappa shape index (κ3) is 2.00. The molecule has 5 nitrogen and oxygen atoms in total. The lowest BCUT2D eigenvalue weighted by Crippen LogP contribution is -2.57. The summed E-state index contributed by atoms with van der Waals surface area (Å²) >= 11 is 0. The summed E-state index contributed by atoms with van der Waals surface area (Å²) in [4.78, 5) is 13.7. The number of nitrogens with one attached hydrogen (secondary N) is 1. The third-order valence-electron chi connectivity index (χ3n) is 3.54.